The van der Waals surface area contributed by atoms with Gasteiger partial charge in [-0.1, -0.05) is 0 Å². The van der Waals surface area contributed by atoms with Crippen LogP contribution in [0.5, 0.6) is 0 Å². The normalized spacial score (nSPS) is 32.7. The summed E-state index contributed by atoms with van der Waals surface area (Å²) in [7, 11) is 4.35. The van der Waals surface area contributed by atoms with E-state index in [1.807, 2.05) is 0 Å². The van der Waals surface area contributed by atoms with Crippen LogP contribution in [0.15, 0.2) is 0 Å². The van der Waals surface area contributed by atoms with Crippen molar-refractivity contribution in [3.05, 3.63) is 0 Å². The van der Waals surface area contributed by atoms with Crippen LogP contribution < -0.4 is 5.73 Å². The molecule has 0 aromatic carbocycles. The highest BCUT2D eigenvalue weighted by Crippen LogP contribution is 2.25. The molecular formula is C9H20N2. The molecule has 2 N–H and O–H groups in total. The third kappa shape index (κ3) is 2.46. The van der Waals surface area contributed by atoms with Crippen LogP contribution in [0.4, 0.5) is 0 Å². The lowest BCUT2D eigenvalue weighted by Gasteiger charge is -2.31. The molecule has 11 heavy (non-hydrogen) atoms. The number of nitrogens with zero attached hydrogens (tertiary/aromatic N) is 1. The molecule has 0 unspecified atom stereocenters. The molecule has 1 saturated carbocycles. The Labute approximate surface area is 69.8 Å². The Morgan fingerprint density at radius 3 is 2.09 bits per heavy atom. The second-order valence-corrected chi connectivity index (χ2v) is 3.87. The summed E-state index contributed by atoms with van der Waals surface area (Å²) in [6.45, 7) is 0.889. The average molecular weight is 156 g/mol. The zero-order valence-corrected chi connectivity index (χ0v) is 7.71. The zero-order chi connectivity index (χ0) is 8.27. The largest absolute Gasteiger partial charge is 0.330 e. The van der Waals surface area contributed by atoms with E-state index in [2.05, 4.69) is 19.0 Å². The van der Waals surface area contributed by atoms with E-state index in [1.165, 1.54) is 25.7 Å². The molecule has 2 heteroatoms. The van der Waals surface area contributed by atoms with E-state index in [1.54, 1.807) is 0 Å². The first-order valence-electron chi connectivity index (χ1n) is 4.60. The van der Waals surface area contributed by atoms with E-state index in [0.717, 1.165) is 18.5 Å². The zero-order valence-electron chi connectivity index (χ0n) is 7.71. The van der Waals surface area contributed by atoms with Gasteiger partial charge in [-0.2, -0.15) is 0 Å². The summed E-state index contributed by atoms with van der Waals surface area (Å²) in [6, 6.07) is 0.817. The van der Waals surface area contributed by atoms with Crippen LogP contribution >= 0.6 is 0 Å². The molecule has 2 nitrogen and oxygen atoms in total. The molecule has 0 radical (unpaired) electrons. The molecule has 0 saturated heterocycles. The highest BCUT2D eigenvalue weighted by atomic mass is 15.1. The van der Waals surface area contributed by atoms with Crippen LogP contribution in [0.25, 0.3) is 0 Å². The Bertz CT molecular complexity index is 104. The van der Waals surface area contributed by atoms with Crippen molar-refractivity contribution in [2.75, 3.05) is 20.6 Å². The first-order chi connectivity index (χ1) is 5.24. The lowest BCUT2D eigenvalue weighted by atomic mass is 9.86. The van der Waals surface area contributed by atoms with Gasteiger partial charge >= 0.3 is 0 Å². The maximum atomic E-state index is 5.61. The lowest BCUT2D eigenvalue weighted by Crippen LogP contribution is -2.33. The van der Waals surface area contributed by atoms with Crippen molar-refractivity contribution in [1.82, 2.24) is 4.90 Å². The van der Waals surface area contributed by atoms with Crippen LogP contribution in [0.2, 0.25) is 0 Å². The molecule has 0 aromatic rings. The number of hydrogen-bond donors (Lipinski definition) is 1. The fourth-order valence-corrected chi connectivity index (χ4v) is 1.90. The van der Waals surface area contributed by atoms with Gasteiger partial charge in [0, 0.05) is 6.04 Å². The quantitative estimate of drug-likeness (QED) is 0.648. The van der Waals surface area contributed by atoms with Crippen molar-refractivity contribution in [1.29, 1.82) is 0 Å². The van der Waals surface area contributed by atoms with Gasteiger partial charge in [0.2, 0.25) is 0 Å². The monoisotopic (exact) mass is 156 g/mol. The molecular weight excluding hydrogens is 136 g/mol. The average Bonchev–Trinajstić information content (AvgIpc) is 2.05. The van der Waals surface area contributed by atoms with Gasteiger partial charge in [0.1, 0.15) is 0 Å². The standard InChI is InChI=1S/C9H20N2/c1-11(2)9-5-3-8(7-10)4-6-9/h8-9H,3-7,10H2,1-2H3. The van der Waals surface area contributed by atoms with Crippen molar-refractivity contribution in [3.63, 3.8) is 0 Å². The van der Waals surface area contributed by atoms with Gasteiger partial charge in [0.25, 0.3) is 0 Å². The fraction of sp³-hybridized carbons (Fsp3) is 1.00. The second kappa shape index (κ2) is 4.07. The molecule has 0 heterocycles. The van der Waals surface area contributed by atoms with Crippen LogP contribution in [0, 0.1) is 5.92 Å². The van der Waals surface area contributed by atoms with E-state index in [-0.39, 0.29) is 0 Å². The number of hydrogen-bond acceptors (Lipinski definition) is 2. The van der Waals surface area contributed by atoms with Crippen molar-refractivity contribution < 1.29 is 0 Å². The van der Waals surface area contributed by atoms with Crippen LogP contribution in [0.1, 0.15) is 25.7 Å². The first kappa shape index (κ1) is 9.01. The van der Waals surface area contributed by atoms with E-state index >= 15 is 0 Å². The van der Waals surface area contributed by atoms with Gasteiger partial charge < -0.3 is 10.6 Å². The minimum absolute atomic E-state index is 0.811. The van der Waals surface area contributed by atoms with E-state index in [4.69, 9.17) is 5.73 Å². The molecule has 0 atom stereocenters. The van der Waals surface area contributed by atoms with Gasteiger partial charge in [0.05, 0.1) is 0 Å². The van der Waals surface area contributed by atoms with Crippen LogP contribution in [0.3, 0.4) is 0 Å². The van der Waals surface area contributed by atoms with Gasteiger partial charge in [0.15, 0.2) is 0 Å². The summed E-state index contributed by atoms with van der Waals surface area (Å²) in [5.74, 6) is 0.811. The van der Waals surface area contributed by atoms with Crippen molar-refractivity contribution in [3.8, 4) is 0 Å². The van der Waals surface area contributed by atoms with E-state index in [0.29, 0.717) is 0 Å². The van der Waals surface area contributed by atoms with Gasteiger partial charge in [-0.3, -0.25) is 0 Å². The predicted molar refractivity (Wildman–Crippen MR) is 48.5 cm³/mol. The molecule has 66 valence electrons. The highest BCUT2D eigenvalue weighted by molar-refractivity contribution is 4.76. The fourth-order valence-electron chi connectivity index (χ4n) is 1.90. The Morgan fingerprint density at radius 1 is 1.18 bits per heavy atom. The van der Waals surface area contributed by atoms with E-state index in [9.17, 15) is 0 Å². The van der Waals surface area contributed by atoms with Crippen molar-refractivity contribution >= 4 is 0 Å². The summed E-state index contributed by atoms with van der Waals surface area (Å²) in [5, 5.41) is 0. The van der Waals surface area contributed by atoms with Gasteiger partial charge in [-0.25, -0.2) is 0 Å². The smallest absolute Gasteiger partial charge is 0.00893 e. The van der Waals surface area contributed by atoms with Crippen molar-refractivity contribution in [2.24, 2.45) is 11.7 Å². The summed E-state index contributed by atoms with van der Waals surface area (Å²) in [6.07, 6.45) is 5.35. The molecule has 0 spiro atoms. The van der Waals surface area contributed by atoms with Crippen molar-refractivity contribution in [2.45, 2.75) is 31.7 Å². The molecule has 0 amide bonds. The van der Waals surface area contributed by atoms with Crippen LogP contribution in [-0.4, -0.2) is 31.6 Å². The minimum atomic E-state index is 0.811. The molecule has 0 aliphatic heterocycles. The van der Waals surface area contributed by atoms with Gasteiger partial charge in [-0.15, -0.1) is 0 Å². The van der Waals surface area contributed by atoms with Gasteiger partial charge in [-0.05, 0) is 52.2 Å². The Kier molecular flexibility index (Phi) is 3.34. The summed E-state index contributed by atoms with van der Waals surface area (Å²) in [5.41, 5.74) is 5.61. The SMILES string of the molecule is CN(C)C1CCC(CN)CC1. The molecule has 1 fully saturated rings. The predicted octanol–water partition coefficient (Wildman–Crippen LogP) is 1.07. The Balaban J connectivity index is 2.24. The summed E-state index contributed by atoms with van der Waals surface area (Å²) >= 11 is 0. The molecule has 1 rings (SSSR count). The Hall–Kier alpha value is -0.0800. The molecule has 0 aromatic heterocycles. The third-order valence-electron chi connectivity index (χ3n) is 2.88. The first-order valence-corrected chi connectivity index (χ1v) is 4.60. The summed E-state index contributed by atoms with van der Waals surface area (Å²) < 4.78 is 0. The second-order valence-electron chi connectivity index (χ2n) is 3.87. The number of rotatable bonds is 2. The lowest BCUT2D eigenvalue weighted by molar-refractivity contribution is 0.196. The highest BCUT2D eigenvalue weighted by Gasteiger charge is 2.20. The third-order valence-corrected chi connectivity index (χ3v) is 2.88. The Morgan fingerprint density at radius 2 is 1.73 bits per heavy atom. The topological polar surface area (TPSA) is 29.3 Å². The molecule has 1 aliphatic rings. The van der Waals surface area contributed by atoms with Crippen LogP contribution in [-0.2, 0) is 0 Å². The number of nitrogens with two attached hydrogens (primary N) is 1. The molecule has 0 bridgehead atoms. The maximum Gasteiger partial charge on any atom is 0.00893 e. The van der Waals surface area contributed by atoms with E-state index < -0.39 is 0 Å². The summed E-state index contributed by atoms with van der Waals surface area (Å²) in [4.78, 5) is 2.34. The maximum absolute atomic E-state index is 5.61. The molecule has 1 aliphatic carbocycles. The minimum Gasteiger partial charge on any atom is -0.330 e.